The fourth-order valence-corrected chi connectivity index (χ4v) is 1.34. The van der Waals surface area contributed by atoms with Gasteiger partial charge in [-0.3, -0.25) is 0 Å². The molecule has 0 bridgehead atoms. The predicted octanol–water partition coefficient (Wildman–Crippen LogP) is 2.00. The van der Waals surface area contributed by atoms with Crippen LogP contribution in [0.15, 0.2) is 0 Å². The van der Waals surface area contributed by atoms with Gasteiger partial charge in [-0.25, -0.2) is 0 Å². The van der Waals surface area contributed by atoms with Crippen LogP contribution in [0.2, 0.25) is 0 Å². The van der Waals surface area contributed by atoms with Crippen LogP contribution in [0.5, 0.6) is 0 Å². The first-order valence-electron chi connectivity index (χ1n) is 4.84. The highest BCUT2D eigenvalue weighted by Crippen LogP contribution is 1.98. The zero-order valence-electron chi connectivity index (χ0n) is 8.97. The Morgan fingerprint density at radius 2 is 1.92 bits per heavy atom. The third-order valence-electron chi connectivity index (χ3n) is 1.82. The summed E-state index contributed by atoms with van der Waals surface area (Å²) < 4.78 is 4.99. The van der Waals surface area contributed by atoms with E-state index in [0.717, 1.165) is 12.5 Å². The lowest BCUT2D eigenvalue weighted by Gasteiger charge is -2.18. The first-order valence-corrected chi connectivity index (χ1v) is 4.84. The van der Waals surface area contributed by atoms with E-state index >= 15 is 0 Å². The lowest BCUT2D eigenvalue weighted by atomic mass is 10.2. The van der Waals surface area contributed by atoms with Gasteiger partial charge < -0.3 is 9.64 Å². The molecular weight excluding hydrogens is 150 g/mol. The van der Waals surface area contributed by atoms with Crippen LogP contribution < -0.4 is 0 Å². The van der Waals surface area contributed by atoms with Gasteiger partial charge in [-0.2, -0.15) is 0 Å². The van der Waals surface area contributed by atoms with E-state index in [-0.39, 0.29) is 0 Å². The number of ether oxygens (including phenoxy) is 1. The monoisotopic (exact) mass is 173 g/mol. The average molecular weight is 173 g/mol. The number of unbranched alkanes of at least 4 members (excludes halogenated alkanes) is 1. The van der Waals surface area contributed by atoms with Crippen LogP contribution in [-0.4, -0.2) is 38.8 Å². The van der Waals surface area contributed by atoms with Crippen molar-refractivity contribution in [3.63, 3.8) is 0 Å². The van der Waals surface area contributed by atoms with Crippen LogP contribution in [0, 0.1) is 5.92 Å². The number of rotatable bonds is 7. The number of hydrogen-bond donors (Lipinski definition) is 0. The van der Waals surface area contributed by atoms with Gasteiger partial charge in [0.25, 0.3) is 0 Å². The maximum atomic E-state index is 4.99. The molecule has 0 radical (unpaired) electrons. The van der Waals surface area contributed by atoms with E-state index in [1.165, 1.54) is 25.9 Å². The zero-order valence-corrected chi connectivity index (χ0v) is 8.97. The third kappa shape index (κ3) is 8.02. The minimum Gasteiger partial charge on any atom is -0.385 e. The van der Waals surface area contributed by atoms with Gasteiger partial charge in [0.1, 0.15) is 0 Å². The highest BCUT2D eigenvalue weighted by molar-refractivity contribution is 4.54. The van der Waals surface area contributed by atoms with Gasteiger partial charge in [-0.1, -0.05) is 13.8 Å². The molecule has 0 saturated carbocycles. The zero-order chi connectivity index (χ0) is 9.40. The smallest absolute Gasteiger partial charge is 0.0462 e. The Kier molecular flexibility index (Phi) is 7.51. The Morgan fingerprint density at radius 1 is 1.25 bits per heavy atom. The topological polar surface area (TPSA) is 12.5 Å². The fraction of sp³-hybridized carbons (Fsp3) is 1.00. The molecule has 12 heavy (non-hydrogen) atoms. The summed E-state index contributed by atoms with van der Waals surface area (Å²) in [5, 5.41) is 0. The second-order valence-electron chi connectivity index (χ2n) is 3.86. The molecular formula is C10H23NO. The molecule has 0 rings (SSSR count). The molecule has 2 heteroatoms. The van der Waals surface area contributed by atoms with Crippen molar-refractivity contribution in [3.05, 3.63) is 0 Å². The number of hydrogen-bond acceptors (Lipinski definition) is 2. The molecule has 0 saturated heterocycles. The van der Waals surface area contributed by atoms with E-state index in [4.69, 9.17) is 4.74 Å². The van der Waals surface area contributed by atoms with Crippen molar-refractivity contribution in [3.8, 4) is 0 Å². The number of methoxy groups -OCH3 is 1. The van der Waals surface area contributed by atoms with E-state index in [1.807, 2.05) is 0 Å². The lowest BCUT2D eigenvalue weighted by Crippen LogP contribution is -2.24. The summed E-state index contributed by atoms with van der Waals surface area (Å²) in [5.74, 6) is 0.775. The average Bonchev–Trinajstić information content (AvgIpc) is 1.97. The summed E-state index contributed by atoms with van der Waals surface area (Å²) in [6, 6.07) is 0. The van der Waals surface area contributed by atoms with Gasteiger partial charge in [-0.05, 0) is 32.4 Å². The molecule has 2 nitrogen and oxygen atoms in total. The molecule has 74 valence electrons. The molecule has 0 atom stereocenters. The molecule has 0 unspecified atom stereocenters. The van der Waals surface area contributed by atoms with E-state index in [1.54, 1.807) is 7.11 Å². The maximum Gasteiger partial charge on any atom is 0.0462 e. The largest absolute Gasteiger partial charge is 0.385 e. The van der Waals surface area contributed by atoms with Gasteiger partial charge >= 0.3 is 0 Å². The SMILES string of the molecule is COCCCCN(C)CC(C)C. The van der Waals surface area contributed by atoms with Crippen molar-refractivity contribution in [2.24, 2.45) is 5.92 Å². The molecule has 0 aromatic rings. The third-order valence-corrected chi connectivity index (χ3v) is 1.82. The molecule has 0 fully saturated rings. The Labute approximate surface area is 76.9 Å². The van der Waals surface area contributed by atoms with E-state index < -0.39 is 0 Å². The molecule has 0 aliphatic heterocycles. The first kappa shape index (κ1) is 11.9. The van der Waals surface area contributed by atoms with Crippen molar-refractivity contribution in [2.45, 2.75) is 26.7 Å². The fourth-order valence-electron chi connectivity index (χ4n) is 1.34. The maximum absolute atomic E-state index is 4.99. The highest BCUT2D eigenvalue weighted by Gasteiger charge is 2.00. The highest BCUT2D eigenvalue weighted by atomic mass is 16.5. The minimum atomic E-state index is 0.775. The van der Waals surface area contributed by atoms with Gasteiger partial charge in [-0.15, -0.1) is 0 Å². The molecule has 0 heterocycles. The summed E-state index contributed by atoms with van der Waals surface area (Å²) in [7, 11) is 3.95. The summed E-state index contributed by atoms with van der Waals surface area (Å²) in [5.41, 5.74) is 0. The second kappa shape index (κ2) is 7.56. The van der Waals surface area contributed by atoms with Gasteiger partial charge in [0.05, 0.1) is 0 Å². The van der Waals surface area contributed by atoms with Gasteiger partial charge in [0.15, 0.2) is 0 Å². The van der Waals surface area contributed by atoms with E-state index in [9.17, 15) is 0 Å². The number of nitrogens with zero attached hydrogens (tertiary/aromatic N) is 1. The molecule has 0 amide bonds. The van der Waals surface area contributed by atoms with Crippen molar-refractivity contribution >= 4 is 0 Å². The van der Waals surface area contributed by atoms with Gasteiger partial charge in [0.2, 0.25) is 0 Å². The molecule has 0 aromatic carbocycles. The Bertz CT molecular complexity index is 93.8. The second-order valence-corrected chi connectivity index (χ2v) is 3.86. The Morgan fingerprint density at radius 3 is 2.42 bits per heavy atom. The van der Waals surface area contributed by atoms with E-state index in [0.29, 0.717) is 0 Å². The first-order chi connectivity index (χ1) is 5.66. The van der Waals surface area contributed by atoms with Crippen molar-refractivity contribution in [1.82, 2.24) is 4.90 Å². The minimum absolute atomic E-state index is 0.775. The standard InChI is InChI=1S/C10H23NO/c1-10(2)9-11(3)7-5-6-8-12-4/h10H,5-9H2,1-4H3. The summed E-state index contributed by atoms with van der Waals surface area (Å²) in [4.78, 5) is 2.39. The lowest BCUT2D eigenvalue weighted by molar-refractivity contribution is 0.186. The molecule has 0 aromatic heterocycles. The molecule has 0 spiro atoms. The summed E-state index contributed by atoms with van der Waals surface area (Å²) in [6.45, 7) is 7.81. The van der Waals surface area contributed by atoms with Crippen molar-refractivity contribution < 1.29 is 4.74 Å². The van der Waals surface area contributed by atoms with Crippen LogP contribution in [0.4, 0.5) is 0 Å². The van der Waals surface area contributed by atoms with Crippen LogP contribution in [0.1, 0.15) is 26.7 Å². The molecule has 0 N–H and O–H groups in total. The van der Waals surface area contributed by atoms with Crippen LogP contribution in [0.3, 0.4) is 0 Å². The van der Waals surface area contributed by atoms with Crippen LogP contribution >= 0.6 is 0 Å². The van der Waals surface area contributed by atoms with E-state index in [2.05, 4.69) is 25.8 Å². The van der Waals surface area contributed by atoms with Crippen LogP contribution in [0.25, 0.3) is 0 Å². The van der Waals surface area contributed by atoms with Gasteiger partial charge in [0, 0.05) is 20.3 Å². The normalized spacial score (nSPS) is 11.5. The van der Waals surface area contributed by atoms with Crippen molar-refractivity contribution in [1.29, 1.82) is 0 Å². The van der Waals surface area contributed by atoms with Crippen molar-refractivity contribution in [2.75, 3.05) is 33.9 Å². The molecule has 0 aliphatic carbocycles. The van der Waals surface area contributed by atoms with Crippen LogP contribution in [-0.2, 0) is 4.74 Å². The Balaban J connectivity index is 3.14. The predicted molar refractivity (Wildman–Crippen MR) is 53.4 cm³/mol. The molecule has 0 aliphatic rings. The summed E-state index contributed by atoms with van der Waals surface area (Å²) in [6.07, 6.45) is 2.43. The Hall–Kier alpha value is -0.0800. The summed E-state index contributed by atoms with van der Waals surface area (Å²) >= 11 is 0. The quantitative estimate of drug-likeness (QED) is 0.546.